The lowest BCUT2D eigenvalue weighted by atomic mass is 10.1. The molecule has 0 radical (unpaired) electrons. The van der Waals surface area contributed by atoms with E-state index in [9.17, 15) is 5.11 Å². The fraction of sp³-hybridized carbons (Fsp3) is 0.625. The van der Waals surface area contributed by atoms with E-state index in [0.29, 0.717) is 24.0 Å². The molecule has 0 saturated carbocycles. The average molecular weight is 297 g/mol. The van der Waals surface area contributed by atoms with Gasteiger partial charge in [0.2, 0.25) is 0 Å². The SMILES string of the molecule is COCC(O)COc1c(CNCC(C)C)cccc1OC. The minimum absolute atomic E-state index is 0.172. The monoisotopic (exact) mass is 297 g/mol. The van der Waals surface area contributed by atoms with Gasteiger partial charge in [-0.3, -0.25) is 0 Å². The van der Waals surface area contributed by atoms with E-state index in [1.54, 1.807) is 14.2 Å². The Labute approximate surface area is 127 Å². The number of hydrogen-bond acceptors (Lipinski definition) is 5. The van der Waals surface area contributed by atoms with Crippen LogP contribution in [-0.4, -0.2) is 45.2 Å². The van der Waals surface area contributed by atoms with Crippen LogP contribution in [0, 0.1) is 5.92 Å². The van der Waals surface area contributed by atoms with E-state index >= 15 is 0 Å². The highest BCUT2D eigenvalue weighted by molar-refractivity contribution is 5.46. The molecule has 21 heavy (non-hydrogen) atoms. The summed E-state index contributed by atoms with van der Waals surface area (Å²) in [6.45, 7) is 6.38. The molecule has 0 aliphatic carbocycles. The van der Waals surface area contributed by atoms with Gasteiger partial charge < -0.3 is 24.6 Å². The molecule has 5 nitrogen and oxygen atoms in total. The zero-order valence-electron chi connectivity index (χ0n) is 13.4. The van der Waals surface area contributed by atoms with Crippen molar-refractivity contribution in [2.24, 2.45) is 5.92 Å². The van der Waals surface area contributed by atoms with Crippen LogP contribution in [0.1, 0.15) is 19.4 Å². The second-order valence-corrected chi connectivity index (χ2v) is 5.39. The van der Waals surface area contributed by atoms with Crippen molar-refractivity contribution < 1.29 is 19.3 Å². The number of hydrogen-bond donors (Lipinski definition) is 2. The Hall–Kier alpha value is -1.30. The number of rotatable bonds is 10. The van der Waals surface area contributed by atoms with Crippen LogP contribution < -0.4 is 14.8 Å². The minimum Gasteiger partial charge on any atom is -0.493 e. The number of nitrogens with one attached hydrogen (secondary N) is 1. The second kappa shape index (κ2) is 9.60. The molecule has 0 heterocycles. The molecule has 1 atom stereocenters. The third kappa shape index (κ3) is 6.33. The van der Waals surface area contributed by atoms with Crippen LogP contribution >= 0.6 is 0 Å². The Kier molecular flexibility index (Phi) is 8.12. The van der Waals surface area contributed by atoms with E-state index in [1.807, 2.05) is 18.2 Å². The average Bonchev–Trinajstić information content (AvgIpc) is 2.45. The first-order valence-corrected chi connectivity index (χ1v) is 7.24. The normalized spacial score (nSPS) is 12.5. The molecule has 0 saturated heterocycles. The maximum absolute atomic E-state index is 9.71. The smallest absolute Gasteiger partial charge is 0.165 e. The van der Waals surface area contributed by atoms with Crippen molar-refractivity contribution in [3.05, 3.63) is 23.8 Å². The van der Waals surface area contributed by atoms with E-state index in [1.165, 1.54) is 0 Å². The molecular formula is C16H27NO4. The van der Waals surface area contributed by atoms with E-state index in [4.69, 9.17) is 14.2 Å². The van der Waals surface area contributed by atoms with Gasteiger partial charge in [0.25, 0.3) is 0 Å². The molecular weight excluding hydrogens is 270 g/mol. The number of ether oxygens (including phenoxy) is 3. The van der Waals surface area contributed by atoms with Gasteiger partial charge in [-0.25, -0.2) is 0 Å². The molecule has 1 unspecified atom stereocenters. The van der Waals surface area contributed by atoms with Crippen molar-refractivity contribution in [1.29, 1.82) is 0 Å². The Bertz CT molecular complexity index is 409. The maximum Gasteiger partial charge on any atom is 0.165 e. The van der Waals surface area contributed by atoms with Crippen molar-refractivity contribution >= 4 is 0 Å². The molecule has 0 aromatic heterocycles. The third-order valence-corrected chi connectivity index (χ3v) is 2.93. The zero-order chi connectivity index (χ0) is 15.7. The summed E-state index contributed by atoms with van der Waals surface area (Å²) < 4.78 is 16.0. The highest BCUT2D eigenvalue weighted by Crippen LogP contribution is 2.31. The van der Waals surface area contributed by atoms with Crippen LogP contribution in [0.5, 0.6) is 11.5 Å². The van der Waals surface area contributed by atoms with E-state index in [0.717, 1.165) is 12.1 Å². The van der Waals surface area contributed by atoms with E-state index in [2.05, 4.69) is 19.2 Å². The van der Waals surface area contributed by atoms with Gasteiger partial charge in [0.1, 0.15) is 12.7 Å². The van der Waals surface area contributed by atoms with Gasteiger partial charge >= 0.3 is 0 Å². The minimum atomic E-state index is -0.656. The summed E-state index contributed by atoms with van der Waals surface area (Å²) in [5, 5.41) is 13.1. The maximum atomic E-state index is 9.71. The summed E-state index contributed by atoms with van der Waals surface area (Å²) >= 11 is 0. The van der Waals surface area contributed by atoms with Crippen molar-refractivity contribution in [2.75, 3.05) is 34.0 Å². The summed E-state index contributed by atoms with van der Waals surface area (Å²) in [5.41, 5.74) is 1.01. The molecule has 120 valence electrons. The lowest BCUT2D eigenvalue weighted by Gasteiger charge is -2.18. The Morgan fingerprint density at radius 2 is 1.95 bits per heavy atom. The molecule has 1 aromatic rings. The fourth-order valence-electron chi connectivity index (χ4n) is 1.94. The van der Waals surface area contributed by atoms with Gasteiger partial charge in [0, 0.05) is 19.2 Å². The van der Waals surface area contributed by atoms with Crippen LogP contribution in [0.2, 0.25) is 0 Å². The van der Waals surface area contributed by atoms with Gasteiger partial charge in [-0.1, -0.05) is 26.0 Å². The zero-order valence-corrected chi connectivity index (χ0v) is 13.4. The van der Waals surface area contributed by atoms with E-state index in [-0.39, 0.29) is 13.2 Å². The summed E-state index contributed by atoms with van der Waals surface area (Å²) in [7, 11) is 3.16. The Morgan fingerprint density at radius 3 is 2.57 bits per heavy atom. The van der Waals surface area contributed by atoms with Gasteiger partial charge in [-0.15, -0.1) is 0 Å². The molecule has 2 N–H and O–H groups in total. The molecule has 0 bridgehead atoms. The predicted molar refractivity (Wildman–Crippen MR) is 82.9 cm³/mol. The highest BCUT2D eigenvalue weighted by Gasteiger charge is 2.13. The number of para-hydroxylation sites is 1. The van der Waals surface area contributed by atoms with E-state index < -0.39 is 6.10 Å². The number of aliphatic hydroxyl groups excluding tert-OH is 1. The van der Waals surface area contributed by atoms with Crippen LogP contribution in [-0.2, 0) is 11.3 Å². The third-order valence-electron chi connectivity index (χ3n) is 2.93. The van der Waals surface area contributed by atoms with Crippen molar-refractivity contribution in [3.63, 3.8) is 0 Å². The quantitative estimate of drug-likeness (QED) is 0.690. The number of benzene rings is 1. The van der Waals surface area contributed by atoms with Crippen molar-refractivity contribution in [1.82, 2.24) is 5.32 Å². The fourth-order valence-corrected chi connectivity index (χ4v) is 1.94. The summed E-state index contributed by atoms with van der Waals surface area (Å²) in [4.78, 5) is 0. The molecule has 0 aliphatic rings. The second-order valence-electron chi connectivity index (χ2n) is 5.39. The van der Waals surface area contributed by atoms with Crippen LogP contribution in [0.15, 0.2) is 18.2 Å². The first-order chi connectivity index (χ1) is 10.1. The Morgan fingerprint density at radius 1 is 1.19 bits per heavy atom. The van der Waals surface area contributed by atoms with Gasteiger partial charge in [0.15, 0.2) is 11.5 Å². The molecule has 0 aliphatic heterocycles. The number of aliphatic hydroxyl groups is 1. The molecule has 1 aromatic carbocycles. The lowest BCUT2D eigenvalue weighted by molar-refractivity contribution is 0.0316. The van der Waals surface area contributed by atoms with Gasteiger partial charge in [-0.05, 0) is 18.5 Å². The van der Waals surface area contributed by atoms with Crippen LogP contribution in [0.25, 0.3) is 0 Å². The highest BCUT2D eigenvalue weighted by atomic mass is 16.5. The molecule has 5 heteroatoms. The summed E-state index contributed by atoms with van der Waals surface area (Å²) in [6.07, 6.45) is -0.656. The number of methoxy groups -OCH3 is 2. The van der Waals surface area contributed by atoms with Gasteiger partial charge in [-0.2, -0.15) is 0 Å². The van der Waals surface area contributed by atoms with Crippen LogP contribution in [0.4, 0.5) is 0 Å². The first kappa shape index (κ1) is 17.8. The molecule has 0 fully saturated rings. The standard InChI is InChI=1S/C16H27NO4/c1-12(2)8-17-9-13-6-5-7-15(20-4)16(13)21-11-14(18)10-19-3/h5-7,12,14,17-18H,8-11H2,1-4H3. The summed E-state index contributed by atoms with van der Waals surface area (Å²) in [5.74, 6) is 1.93. The largest absolute Gasteiger partial charge is 0.493 e. The predicted octanol–water partition coefficient (Wildman–Crippen LogP) is 1.83. The summed E-state index contributed by atoms with van der Waals surface area (Å²) in [6, 6.07) is 5.78. The van der Waals surface area contributed by atoms with Crippen molar-refractivity contribution in [2.45, 2.75) is 26.5 Å². The van der Waals surface area contributed by atoms with Gasteiger partial charge in [0.05, 0.1) is 13.7 Å². The Balaban J connectivity index is 2.72. The first-order valence-electron chi connectivity index (χ1n) is 7.24. The lowest BCUT2D eigenvalue weighted by Crippen LogP contribution is -2.24. The molecule has 0 amide bonds. The molecule has 1 rings (SSSR count). The molecule has 0 spiro atoms. The van der Waals surface area contributed by atoms with Crippen molar-refractivity contribution in [3.8, 4) is 11.5 Å². The topological polar surface area (TPSA) is 60.0 Å². The van der Waals surface area contributed by atoms with Crippen LogP contribution in [0.3, 0.4) is 0 Å².